The van der Waals surface area contributed by atoms with Crippen LogP contribution >= 0.6 is 28.1 Å². The number of rotatable bonds is 6. The molecular formula is C18H21BrN2S. The zero-order valence-electron chi connectivity index (χ0n) is 12.7. The summed E-state index contributed by atoms with van der Waals surface area (Å²) in [5.74, 6) is 0.576. The number of hydrogen-bond acceptors (Lipinski definition) is 1. The maximum absolute atomic E-state index is 5.37. The van der Waals surface area contributed by atoms with Gasteiger partial charge in [0.25, 0.3) is 0 Å². The lowest BCUT2D eigenvalue weighted by molar-refractivity contribution is 0.498. The molecular weight excluding hydrogens is 356 g/mol. The molecule has 22 heavy (non-hydrogen) atoms. The zero-order valence-corrected chi connectivity index (χ0v) is 15.1. The highest BCUT2D eigenvalue weighted by molar-refractivity contribution is 9.10. The quantitative estimate of drug-likeness (QED) is 0.693. The molecule has 0 heterocycles. The summed E-state index contributed by atoms with van der Waals surface area (Å²) in [5.41, 5.74) is 2.37. The summed E-state index contributed by atoms with van der Waals surface area (Å²) in [6.07, 6.45) is 2.20. The van der Waals surface area contributed by atoms with Crippen LogP contribution in [-0.2, 0) is 6.42 Å². The minimum atomic E-state index is 0.576. The smallest absolute Gasteiger partial charge is 0.170 e. The van der Waals surface area contributed by atoms with Crippen LogP contribution in [0.1, 0.15) is 18.9 Å². The van der Waals surface area contributed by atoms with Crippen molar-refractivity contribution in [2.75, 3.05) is 11.9 Å². The van der Waals surface area contributed by atoms with E-state index in [-0.39, 0.29) is 0 Å². The molecule has 0 aliphatic heterocycles. The highest BCUT2D eigenvalue weighted by atomic mass is 79.9. The van der Waals surface area contributed by atoms with Gasteiger partial charge < -0.3 is 10.6 Å². The number of halogens is 1. The highest BCUT2D eigenvalue weighted by Crippen LogP contribution is 2.14. The number of hydrogen-bond donors (Lipinski definition) is 2. The Balaban J connectivity index is 1.79. The van der Waals surface area contributed by atoms with E-state index in [1.165, 1.54) is 5.56 Å². The van der Waals surface area contributed by atoms with Crippen LogP contribution in [0.3, 0.4) is 0 Å². The van der Waals surface area contributed by atoms with Gasteiger partial charge in [0, 0.05) is 16.7 Å². The third kappa shape index (κ3) is 5.78. The van der Waals surface area contributed by atoms with E-state index in [4.69, 9.17) is 12.2 Å². The fraction of sp³-hybridized carbons (Fsp3) is 0.278. The van der Waals surface area contributed by atoms with Crippen molar-refractivity contribution in [2.45, 2.75) is 19.8 Å². The van der Waals surface area contributed by atoms with Crippen LogP contribution in [-0.4, -0.2) is 11.7 Å². The third-order valence-electron chi connectivity index (χ3n) is 3.60. The van der Waals surface area contributed by atoms with Gasteiger partial charge in [0.2, 0.25) is 0 Å². The lowest BCUT2D eigenvalue weighted by atomic mass is 9.97. The van der Waals surface area contributed by atoms with Crippen molar-refractivity contribution in [2.24, 2.45) is 5.92 Å². The average Bonchev–Trinajstić information content (AvgIpc) is 2.54. The standard InChI is InChI=1S/C18H21BrN2S/c1-2-14(12-15-6-4-3-5-7-15)13-20-18(22)21-17-10-8-16(19)9-11-17/h3-11,14H,2,12-13H2,1H3,(H2,20,21,22)/t14-/m1/s1. The van der Waals surface area contributed by atoms with Crippen LogP contribution in [0.15, 0.2) is 59.1 Å². The van der Waals surface area contributed by atoms with Crippen molar-refractivity contribution >= 4 is 38.9 Å². The molecule has 0 fully saturated rings. The fourth-order valence-electron chi connectivity index (χ4n) is 2.25. The first-order valence-corrected chi connectivity index (χ1v) is 8.72. The number of benzene rings is 2. The van der Waals surface area contributed by atoms with Crippen LogP contribution in [0.2, 0.25) is 0 Å². The minimum absolute atomic E-state index is 0.576. The van der Waals surface area contributed by atoms with Crippen LogP contribution < -0.4 is 10.6 Å². The molecule has 0 aliphatic rings. The maximum Gasteiger partial charge on any atom is 0.170 e. The third-order valence-corrected chi connectivity index (χ3v) is 4.37. The Bertz CT molecular complexity index is 584. The van der Waals surface area contributed by atoms with Gasteiger partial charge in [-0.25, -0.2) is 0 Å². The molecule has 0 radical (unpaired) electrons. The SMILES string of the molecule is CC[C@@H](CNC(=S)Nc1ccc(Br)cc1)Cc1ccccc1. The molecule has 0 unspecified atom stereocenters. The van der Waals surface area contributed by atoms with Gasteiger partial charge in [-0.05, 0) is 54.4 Å². The predicted octanol–water partition coefficient (Wildman–Crippen LogP) is 5.00. The van der Waals surface area contributed by atoms with E-state index in [9.17, 15) is 0 Å². The molecule has 2 N–H and O–H groups in total. The Morgan fingerprint density at radius 1 is 1.09 bits per heavy atom. The molecule has 2 nitrogen and oxygen atoms in total. The van der Waals surface area contributed by atoms with Crippen molar-refractivity contribution < 1.29 is 0 Å². The summed E-state index contributed by atoms with van der Waals surface area (Å²) in [4.78, 5) is 0. The largest absolute Gasteiger partial charge is 0.362 e. The van der Waals surface area contributed by atoms with E-state index >= 15 is 0 Å². The lowest BCUT2D eigenvalue weighted by Crippen LogP contribution is -2.33. The Morgan fingerprint density at radius 3 is 2.41 bits per heavy atom. The van der Waals surface area contributed by atoms with E-state index in [0.717, 1.165) is 29.5 Å². The van der Waals surface area contributed by atoms with E-state index in [2.05, 4.69) is 63.8 Å². The highest BCUT2D eigenvalue weighted by Gasteiger charge is 2.08. The van der Waals surface area contributed by atoms with Gasteiger partial charge in [0.05, 0.1) is 0 Å². The molecule has 0 saturated heterocycles. The summed E-state index contributed by atoms with van der Waals surface area (Å²) in [6, 6.07) is 18.6. The van der Waals surface area contributed by atoms with Crippen molar-refractivity contribution in [3.8, 4) is 0 Å². The van der Waals surface area contributed by atoms with Gasteiger partial charge in [-0.2, -0.15) is 0 Å². The normalized spacial score (nSPS) is 11.7. The Morgan fingerprint density at radius 2 is 1.77 bits per heavy atom. The molecule has 0 aromatic heterocycles. The fourth-order valence-corrected chi connectivity index (χ4v) is 2.72. The first kappa shape index (κ1) is 17.0. The molecule has 0 saturated carbocycles. The van der Waals surface area contributed by atoms with Gasteiger partial charge in [0.1, 0.15) is 0 Å². The lowest BCUT2D eigenvalue weighted by Gasteiger charge is -2.17. The van der Waals surface area contributed by atoms with Crippen molar-refractivity contribution in [1.82, 2.24) is 5.32 Å². The van der Waals surface area contributed by atoms with Gasteiger partial charge in [-0.3, -0.25) is 0 Å². The van der Waals surface area contributed by atoms with E-state index in [1.54, 1.807) is 0 Å². The van der Waals surface area contributed by atoms with Crippen molar-refractivity contribution in [3.05, 3.63) is 64.6 Å². The molecule has 4 heteroatoms. The minimum Gasteiger partial charge on any atom is -0.362 e. The van der Waals surface area contributed by atoms with Crippen LogP contribution in [0.5, 0.6) is 0 Å². The summed E-state index contributed by atoms with van der Waals surface area (Å²) in [5, 5.41) is 7.21. The van der Waals surface area contributed by atoms with Crippen LogP contribution in [0, 0.1) is 5.92 Å². The maximum atomic E-state index is 5.37. The Kier molecular flexibility index (Phi) is 6.87. The first-order chi connectivity index (χ1) is 10.7. The van der Waals surface area contributed by atoms with Crippen molar-refractivity contribution in [3.63, 3.8) is 0 Å². The zero-order chi connectivity index (χ0) is 15.8. The summed E-state index contributed by atoms with van der Waals surface area (Å²) in [7, 11) is 0. The van der Waals surface area contributed by atoms with Gasteiger partial charge in [-0.1, -0.05) is 59.6 Å². The molecule has 2 rings (SSSR count). The van der Waals surface area contributed by atoms with Gasteiger partial charge >= 0.3 is 0 Å². The van der Waals surface area contributed by atoms with Crippen LogP contribution in [0.25, 0.3) is 0 Å². The number of anilines is 1. The molecule has 0 bridgehead atoms. The van der Waals surface area contributed by atoms with Crippen LogP contribution in [0.4, 0.5) is 5.69 Å². The first-order valence-electron chi connectivity index (χ1n) is 7.51. The van der Waals surface area contributed by atoms with Gasteiger partial charge in [0.15, 0.2) is 5.11 Å². The molecule has 0 aliphatic carbocycles. The predicted molar refractivity (Wildman–Crippen MR) is 102 cm³/mol. The average molecular weight is 377 g/mol. The molecule has 0 spiro atoms. The summed E-state index contributed by atoms with van der Waals surface area (Å²) in [6.45, 7) is 3.11. The summed E-state index contributed by atoms with van der Waals surface area (Å²) >= 11 is 8.79. The summed E-state index contributed by atoms with van der Waals surface area (Å²) < 4.78 is 1.06. The van der Waals surface area contributed by atoms with E-state index < -0.39 is 0 Å². The Labute approximate surface area is 146 Å². The molecule has 116 valence electrons. The van der Waals surface area contributed by atoms with E-state index in [0.29, 0.717) is 11.0 Å². The molecule has 1 atom stereocenters. The molecule has 2 aromatic carbocycles. The number of thiocarbonyl (C=S) groups is 1. The Hall–Kier alpha value is -1.39. The van der Waals surface area contributed by atoms with Gasteiger partial charge in [-0.15, -0.1) is 0 Å². The number of nitrogens with one attached hydrogen (secondary N) is 2. The van der Waals surface area contributed by atoms with Crippen molar-refractivity contribution in [1.29, 1.82) is 0 Å². The second kappa shape index (κ2) is 8.91. The monoisotopic (exact) mass is 376 g/mol. The molecule has 2 aromatic rings. The van der Waals surface area contributed by atoms with E-state index in [1.807, 2.05) is 24.3 Å². The topological polar surface area (TPSA) is 24.1 Å². The second-order valence-electron chi connectivity index (χ2n) is 5.31. The second-order valence-corrected chi connectivity index (χ2v) is 6.63. The molecule has 0 amide bonds.